The molecule has 0 aliphatic carbocycles. The van der Waals surface area contributed by atoms with E-state index in [2.05, 4.69) is 23.1 Å². The third-order valence-electron chi connectivity index (χ3n) is 2.17. The van der Waals surface area contributed by atoms with Crippen molar-refractivity contribution in [2.24, 2.45) is 0 Å². The van der Waals surface area contributed by atoms with E-state index < -0.39 is 0 Å². The van der Waals surface area contributed by atoms with E-state index in [1.165, 1.54) is 0 Å². The van der Waals surface area contributed by atoms with Gasteiger partial charge in [0.05, 0.1) is 6.04 Å². The van der Waals surface area contributed by atoms with Crippen molar-refractivity contribution in [1.82, 2.24) is 10.2 Å². The van der Waals surface area contributed by atoms with E-state index in [9.17, 15) is 0 Å². The highest BCUT2D eigenvalue weighted by Crippen LogP contribution is 2.03. The Morgan fingerprint density at radius 1 is 1.55 bits per heavy atom. The molecule has 0 spiro atoms. The smallest absolute Gasteiger partial charge is 0.0710 e. The van der Waals surface area contributed by atoms with Crippen LogP contribution >= 0.6 is 0 Å². The van der Waals surface area contributed by atoms with E-state index in [4.69, 9.17) is 6.42 Å². The van der Waals surface area contributed by atoms with E-state index in [0.29, 0.717) is 6.04 Å². The quantitative estimate of drug-likeness (QED) is 0.573. The molecule has 1 unspecified atom stereocenters. The van der Waals surface area contributed by atoms with Crippen molar-refractivity contribution in [2.45, 2.75) is 19.4 Å². The molecule has 11 heavy (non-hydrogen) atoms. The van der Waals surface area contributed by atoms with Crippen molar-refractivity contribution in [1.29, 1.82) is 0 Å². The molecule has 0 aromatic heterocycles. The highest BCUT2D eigenvalue weighted by Gasteiger charge is 2.15. The molecule has 1 aliphatic rings. The standard InChI is InChI=1S/C9H16N2/c1-3-9(4-2)11-7-5-10-6-8-11/h1,9-10H,4-8H2,2H3. The molecule has 1 aliphatic heterocycles. The minimum absolute atomic E-state index is 0.358. The van der Waals surface area contributed by atoms with Gasteiger partial charge in [0.25, 0.3) is 0 Å². The summed E-state index contributed by atoms with van der Waals surface area (Å²) in [7, 11) is 0. The number of piperazine rings is 1. The summed E-state index contributed by atoms with van der Waals surface area (Å²) in [5.74, 6) is 2.82. The average molecular weight is 152 g/mol. The summed E-state index contributed by atoms with van der Waals surface area (Å²) in [6.45, 7) is 6.51. The SMILES string of the molecule is C#CC(CC)N1CCNCC1. The van der Waals surface area contributed by atoms with Crippen LogP contribution in [0.25, 0.3) is 0 Å². The first-order valence-electron chi connectivity index (χ1n) is 4.29. The Hall–Kier alpha value is -0.520. The molecule has 0 radical (unpaired) electrons. The molecule has 1 atom stereocenters. The summed E-state index contributed by atoms with van der Waals surface area (Å²) < 4.78 is 0. The van der Waals surface area contributed by atoms with E-state index in [1.807, 2.05) is 0 Å². The molecule has 62 valence electrons. The summed E-state index contributed by atoms with van der Waals surface area (Å²) in [6.07, 6.45) is 6.47. The molecule has 2 nitrogen and oxygen atoms in total. The zero-order chi connectivity index (χ0) is 8.10. The van der Waals surface area contributed by atoms with E-state index in [-0.39, 0.29) is 0 Å². The normalized spacial score (nSPS) is 22.5. The zero-order valence-electron chi connectivity index (χ0n) is 7.14. The second-order valence-corrected chi connectivity index (χ2v) is 2.88. The van der Waals surface area contributed by atoms with E-state index in [0.717, 1.165) is 32.6 Å². The van der Waals surface area contributed by atoms with Gasteiger partial charge >= 0.3 is 0 Å². The van der Waals surface area contributed by atoms with Crippen LogP contribution in [0.4, 0.5) is 0 Å². The van der Waals surface area contributed by atoms with E-state index >= 15 is 0 Å². The van der Waals surface area contributed by atoms with Crippen LogP contribution in [-0.4, -0.2) is 37.1 Å². The fourth-order valence-electron chi connectivity index (χ4n) is 1.48. The second kappa shape index (κ2) is 4.38. The molecule has 1 saturated heterocycles. The van der Waals surface area contributed by atoms with Crippen LogP contribution in [-0.2, 0) is 0 Å². The number of nitrogens with zero attached hydrogens (tertiary/aromatic N) is 1. The molecule has 0 bridgehead atoms. The molecule has 0 aromatic rings. The van der Waals surface area contributed by atoms with Gasteiger partial charge in [-0.2, -0.15) is 0 Å². The largest absolute Gasteiger partial charge is 0.314 e. The molecule has 1 heterocycles. The third-order valence-corrected chi connectivity index (χ3v) is 2.17. The molecular formula is C9H16N2. The van der Waals surface area contributed by atoms with Crippen molar-refractivity contribution >= 4 is 0 Å². The summed E-state index contributed by atoms with van der Waals surface area (Å²) in [5, 5.41) is 3.31. The van der Waals surface area contributed by atoms with Crippen molar-refractivity contribution in [3.05, 3.63) is 0 Å². The van der Waals surface area contributed by atoms with Gasteiger partial charge in [0.15, 0.2) is 0 Å². The molecular weight excluding hydrogens is 136 g/mol. The van der Waals surface area contributed by atoms with E-state index in [1.54, 1.807) is 0 Å². The Morgan fingerprint density at radius 2 is 2.18 bits per heavy atom. The molecule has 1 N–H and O–H groups in total. The number of hydrogen-bond donors (Lipinski definition) is 1. The first kappa shape index (κ1) is 8.58. The van der Waals surface area contributed by atoms with Gasteiger partial charge in [-0.15, -0.1) is 6.42 Å². The molecule has 0 amide bonds. The summed E-state index contributed by atoms with van der Waals surface area (Å²) in [4.78, 5) is 2.37. The predicted octanol–water partition coefficient (Wildman–Crippen LogP) is 0.303. The van der Waals surface area contributed by atoms with Crippen LogP contribution in [0, 0.1) is 12.3 Å². The minimum Gasteiger partial charge on any atom is -0.314 e. The lowest BCUT2D eigenvalue weighted by molar-refractivity contribution is 0.204. The first-order chi connectivity index (χ1) is 5.38. The van der Waals surface area contributed by atoms with Gasteiger partial charge in [-0.25, -0.2) is 0 Å². The lowest BCUT2D eigenvalue weighted by atomic mass is 10.2. The molecule has 0 saturated carbocycles. The van der Waals surface area contributed by atoms with Gasteiger partial charge in [0.2, 0.25) is 0 Å². The minimum atomic E-state index is 0.358. The van der Waals surface area contributed by atoms with Crippen LogP contribution < -0.4 is 5.32 Å². The Morgan fingerprint density at radius 3 is 2.64 bits per heavy atom. The van der Waals surface area contributed by atoms with Crippen molar-refractivity contribution in [3.63, 3.8) is 0 Å². The zero-order valence-corrected chi connectivity index (χ0v) is 7.14. The van der Waals surface area contributed by atoms with Crippen LogP contribution in [0.5, 0.6) is 0 Å². The van der Waals surface area contributed by atoms with Crippen LogP contribution in [0.1, 0.15) is 13.3 Å². The lowest BCUT2D eigenvalue weighted by Crippen LogP contribution is -2.47. The highest BCUT2D eigenvalue weighted by atomic mass is 15.2. The van der Waals surface area contributed by atoms with Gasteiger partial charge in [-0.1, -0.05) is 12.8 Å². The van der Waals surface area contributed by atoms with Gasteiger partial charge < -0.3 is 5.32 Å². The topological polar surface area (TPSA) is 15.3 Å². The summed E-state index contributed by atoms with van der Waals surface area (Å²) >= 11 is 0. The fraction of sp³-hybridized carbons (Fsp3) is 0.778. The Bertz CT molecular complexity index is 142. The summed E-state index contributed by atoms with van der Waals surface area (Å²) in [6, 6.07) is 0.358. The van der Waals surface area contributed by atoms with Crippen LogP contribution in [0.2, 0.25) is 0 Å². The maximum atomic E-state index is 5.40. The van der Waals surface area contributed by atoms with Crippen LogP contribution in [0.15, 0.2) is 0 Å². The summed E-state index contributed by atoms with van der Waals surface area (Å²) in [5.41, 5.74) is 0. The number of nitrogens with one attached hydrogen (secondary N) is 1. The van der Waals surface area contributed by atoms with Gasteiger partial charge in [-0.3, -0.25) is 4.90 Å². The number of hydrogen-bond acceptors (Lipinski definition) is 2. The first-order valence-corrected chi connectivity index (χ1v) is 4.29. The van der Waals surface area contributed by atoms with Crippen LogP contribution in [0.3, 0.4) is 0 Å². The van der Waals surface area contributed by atoms with Crippen molar-refractivity contribution < 1.29 is 0 Å². The number of rotatable bonds is 2. The maximum absolute atomic E-state index is 5.40. The van der Waals surface area contributed by atoms with Gasteiger partial charge in [0, 0.05) is 26.2 Å². The van der Waals surface area contributed by atoms with Gasteiger partial charge in [0.1, 0.15) is 0 Å². The third kappa shape index (κ3) is 2.21. The Kier molecular flexibility index (Phi) is 3.41. The molecule has 1 rings (SSSR count). The molecule has 2 heteroatoms. The Labute approximate surface area is 69.0 Å². The number of terminal acetylenes is 1. The monoisotopic (exact) mass is 152 g/mol. The predicted molar refractivity (Wildman–Crippen MR) is 47.4 cm³/mol. The molecule has 0 aromatic carbocycles. The van der Waals surface area contributed by atoms with Crippen molar-refractivity contribution in [2.75, 3.05) is 26.2 Å². The Balaban J connectivity index is 2.38. The second-order valence-electron chi connectivity index (χ2n) is 2.88. The molecule has 1 fully saturated rings. The van der Waals surface area contributed by atoms with Crippen molar-refractivity contribution in [3.8, 4) is 12.3 Å². The lowest BCUT2D eigenvalue weighted by Gasteiger charge is -2.31. The highest BCUT2D eigenvalue weighted by molar-refractivity contribution is 4.99. The average Bonchev–Trinajstić information content (AvgIpc) is 2.09. The van der Waals surface area contributed by atoms with Gasteiger partial charge in [-0.05, 0) is 6.42 Å². The fourth-order valence-corrected chi connectivity index (χ4v) is 1.48. The maximum Gasteiger partial charge on any atom is 0.0710 e.